The number of nitrogens with zero attached hydrogens (tertiary/aromatic N) is 3. The zero-order valence-electron chi connectivity index (χ0n) is 13.6. The lowest BCUT2D eigenvalue weighted by atomic mass is 10.0. The summed E-state index contributed by atoms with van der Waals surface area (Å²) in [5, 5.41) is 12.9. The summed E-state index contributed by atoms with van der Waals surface area (Å²) in [6.07, 6.45) is 3.71. The molecule has 2 aromatic heterocycles. The Morgan fingerprint density at radius 1 is 1.52 bits per heavy atom. The van der Waals surface area contributed by atoms with Gasteiger partial charge in [0.1, 0.15) is 11.1 Å². The Hall–Kier alpha value is -2.37. The van der Waals surface area contributed by atoms with Crippen LogP contribution in [0.5, 0.6) is 0 Å². The highest BCUT2D eigenvalue weighted by Crippen LogP contribution is 2.37. The second-order valence-electron chi connectivity index (χ2n) is 5.39. The number of carbonyl (C=O) groups is 2. The summed E-state index contributed by atoms with van der Waals surface area (Å²) in [4.78, 5) is 31.1. The fraction of sp³-hybridized carbons (Fsp3) is 0.294. The summed E-state index contributed by atoms with van der Waals surface area (Å²) in [6, 6.07) is 5.56. The molecule has 0 atom stereocenters. The number of hydrogen-bond donors (Lipinski definition) is 1. The van der Waals surface area contributed by atoms with Crippen LogP contribution in [0.2, 0.25) is 0 Å². The van der Waals surface area contributed by atoms with Crippen molar-refractivity contribution in [3.05, 3.63) is 46.1 Å². The number of nitriles is 1. The molecule has 0 radical (unpaired) electrons. The normalized spacial score (nSPS) is 13.0. The van der Waals surface area contributed by atoms with Crippen molar-refractivity contribution in [1.29, 1.82) is 5.26 Å². The minimum absolute atomic E-state index is 0.0565. The van der Waals surface area contributed by atoms with E-state index in [2.05, 4.69) is 16.4 Å². The van der Waals surface area contributed by atoms with E-state index in [0.717, 1.165) is 16.2 Å². The zero-order valence-corrected chi connectivity index (χ0v) is 15.2. The summed E-state index contributed by atoms with van der Waals surface area (Å²) >= 11 is 2.66. The third-order valence-corrected chi connectivity index (χ3v) is 5.77. The molecule has 1 aliphatic rings. The van der Waals surface area contributed by atoms with Crippen molar-refractivity contribution < 1.29 is 9.59 Å². The molecule has 0 unspecified atom stereocenters. The first-order valence-corrected chi connectivity index (χ1v) is 9.62. The Kier molecular flexibility index (Phi) is 5.36. The standard InChI is InChI=1S/C17H16N4O2S2/c1-2-24-17(23)21-7-5-12-13(8-18)16(25-14(12)10-21)20-15(22)11-4-3-6-19-9-11/h3-4,6,9H,2,5,7,10H2,1H3,(H,20,22). The largest absolute Gasteiger partial charge is 0.328 e. The molecule has 128 valence electrons. The molecular formula is C17H16N4O2S2. The van der Waals surface area contributed by atoms with Gasteiger partial charge in [-0.25, -0.2) is 0 Å². The van der Waals surface area contributed by atoms with Gasteiger partial charge in [0.05, 0.1) is 17.7 Å². The van der Waals surface area contributed by atoms with Gasteiger partial charge in [0.25, 0.3) is 11.1 Å². The molecule has 1 aliphatic heterocycles. The second kappa shape index (κ2) is 7.68. The van der Waals surface area contributed by atoms with Gasteiger partial charge in [-0.1, -0.05) is 18.7 Å². The minimum Gasteiger partial charge on any atom is -0.328 e. The molecule has 2 aromatic rings. The van der Waals surface area contributed by atoms with Crippen LogP contribution in [-0.2, 0) is 13.0 Å². The number of aromatic nitrogens is 1. The van der Waals surface area contributed by atoms with Crippen molar-refractivity contribution in [3.8, 4) is 6.07 Å². The number of thiophene rings is 1. The van der Waals surface area contributed by atoms with Crippen LogP contribution in [-0.4, -0.2) is 33.3 Å². The quantitative estimate of drug-likeness (QED) is 0.891. The van der Waals surface area contributed by atoms with E-state index in [1.807, 2.05) is 6.92 Å². The Bertz CT molecular complexity index is 842. The maximum atomic E-state index is 12.3. The zero-order chi connectivity index (χ0) is 17.8. The fourth-order valence-electron chi connectivity index (χ4n) is 2.65. The van der Waals surface area contributed by atoms with Crippen LogP contribution in [0.15, 0.2) is 24.5 Å². The Labute approximate surface area is 153 Å². The molecule has 0 saturated heterocycles. The van der Waals surface area contributed by atoms with Gasteiger partial charge in [0, 0.05) is 23.8 Å². The maximum absolute atomic E-state index is 12.3. The molecule has 8 heteroatoms. The average molecular weight is 372 g/mol. The molecule has 0 bridgehead atoms. The molecule has 0 aromatic carbocycles. The molecule has 6 nitrogen and oxygen atoms in total. The van der Waals surface area contributed by atoms with Crippen molar-refractivity contribution in [2.45, 2.75) is 19.9 Å². The van der Waals surface area contributed by atoms with Crippen molar-refractivity contribution >= 4 is 39.2 Å². The van der Waals surface area contributed by atoms with Gasteiger partial charge in [0.2, 0.25) is 0 Å². The van der Waals surface area contributed by atoms with E-state index in [1.54, 1.807) is 23.2 Å². The summed E-state index contributed by atoms with van der Waals surface area (Å²) in [5.74, 6) is 0.445. The van der Waals surface area contributed by atoms with Gasteiger partial charge in [-0.3, -0.25) is 14.6 Å². The van der Waals surface area contributed by atoms with Gasteiger partial charge < -0.3 is 10.2 Å². The molecule has 1 N–H and O–H groups in total. The Morgan fingerprint density at radius 3 is 3.04 bits per heavy atom. The number of hydrogen-bond acceptors (Lipinski definition) is 6. The number of nitrogens with one attached hydrogen (secondary N) is 1. The maximum Gasteiger partial charge on any atom is 0.281 e. The number of fused-ring (bicyclic) bond motifs is 1. The molecule has 0 fully saturated rings. The second-order valence-corrected chi connectivity index (χ2v) is 7.71. The van der Waals surface area contributed by atoms with E-state index < -0.39 is 0 Å². The van der Waals surface area contributed by atoms with E-state index >= 15 is 0 Å². The Balaban J connectivity index is 1.82. The van der Waals surface area contributed by atoms with Crippen LogP contribution in [0.25, 0.3) is 0 Å². The van der Waals surface area contributed by atoms with Gasteiger partial charge in [-0.2, -0.15) is 5.26 Å². The summed E-state index contributed by atoms with van der Waals surface area (Å²) in [6.45, 7) is 3.03. The third-order valence-electron chi connectivity index (χ3n) is 3.85. The number of amides is 2. The van der Waals surface area contributed by atoms with Gasteiger partial charge in [-0.05, 0) is 29.9 Å². The van der Waals surface area contributed by atoms with Crippen molar-refractivity contribution in [2.75, 3.05) is 17.6 Å². The number of anilines is 1. The summed E-state index contributed by atoms with van der Waals surface area (Å²) in [5.41, 5.74) is 1.89. The number of carbonyl (C=O) groups excluding carboxylic acids is 2. The highest BCUT2D eigenvalue weighted by atomic mass is 32.2. The molecule has 3 heterocycles. The van der Waals surface area contributed by atoms with E-state index in [1.165, 1.54) is 29.3 Å². The lowest BCUT2D eigenvalue weighted by Crippen LogP contribution is -2.32. The molecule has 0 saturated carbocycles. The van der Waals surface area contributed by atoms with Gasteiger partial charge >= 0.3 is 0 Å². The van der Waals surface area contributed by atoms with Crippen LogP contribution in [0.3, 0.4) is 0 Å². The number of rotatable bonds is 3. The first-order chi connectivity index (χ1) is 12.1. The average Bonchev–Trinajstić information content (AvgIpc) is 2.98. The SMILES string of the molecule is CCSC(=O)N1CCc2c(sc(NC(=O)c3cccnc3)c2C#N)C1. The Morgan fingerprint density at radius 2 is 2.36 bits per heavy atom. The van der Waals surface area contributed by atoms with Crippen LogP contribution >= 0.6 is 23.1 Å². The highest BCUT2D eigenvalue weighted by Gasteiger charge is 2.27. The smallest absolute Gasteiger partial charge is 0.281 e. The first-order valence-electron chi connectivity index (χ1n) is 7.81. The molecule has 0 spiro atoms. The van der Waals surface area contributed by atoms with Crippen LogP contribution in [0.4, 0.5) is 9.80 Å². The third kappa shape index (κ3) is 3.67. The lowest BCUT2D eigenvalue weighted by Gasteiger charge is -2.26. The predicted octanol–water partition coefficient (Wildman–Crippen LogP) is 3.50. The molecule has 3 rings (SSSR count). The molecular weight excluding hydrogens is 356 g/mol. The fourth-order valence-corrected chi connectivity index (χ4v) is 4.45. The number of pyridine rings is 1. The summed E-state index contributed by atoms with van der Waals surface area (Å²) < 4.78 is 0. The monoisotopic (exact) mass is 372 g/mol. The van der Waals surface area contributed by atoms with Gasteiger partial charge in [0.15, 0.2) is 0 Å². The molecule has 25 heavy (non-hydrogen) atoms. The van der Waals surface area contributed by atoms with E-state index in [4.69, 9.17) is 0 Å². The number of thioether (sulfide) groups is 1. The first kappa shape index (κ1) is 17.5. The topological polar surface area (TPSA) is 86.1 Å². The van der Waals surface area contributed by atoms with Crippen LogP contribution in [0, 0.1) is 11.3 Å². The van der Waals surface area contributed by atoms with E-state index in [9.17, 15) is 14.9 Å². The van der Waals surface area contributed by atoms with Crippen molar-refractivity contribution in [3.63, 3.8) is 0 Å². The van der Waals surface area contributed by atoms with Crippen molar-refractivity contribution in [1.82, 2.24) is 9.88 Å². The summed E-state index contributed by atoms with van der Waals surface area (Å²) in [7, 11) is 0. The van der Waals surface area contributed by atoms with Crippen LogP contribution < -0.4 is 5.32 Å². The molecule has 2 amide bonds. The van der Waals surface area contributed by atoms with Crippen LogP contribution in [0.1, 0.15) is 33.3 Å². The van der Waals surface area contributed by atoms with Crippen molar-refractivity contribution in [2.24, 2.45) is 0 Å². The minimum atomic E-state index is -0.294. The lowest BCUT2D eigenvalue weighted by molar-refractivity contribution is 0.102. The highest BCUT2D eigenvalue weighted by molar-refractivity contribution is 8.13. The van der Waals surface area contributed by atoms with E-state index in [0.29, 0.717) is 35.6 Å². The van der Waals surface area contributed by atoms with Gasteiger partial charge in [-0.15, -0.1) is 11.3 Å². The molecule has 0 aliphatic carbocycles. The predicted molar refractivity (Wildman–Crippen MR) is 98.9 cm³/mol. The van der Waals surface area contributed by atoms with E-state index in [-0.39, 0.29) is 11.1 Å².